The number of aromatic nitrogens is 3. The van der Waals surface area contributed by atoms with Gasteiger partial charge in [-0.3, -0.25) is 19.2 Å². The number of methoxy groups -OCH3 is 1. The molecule has 1 amide bonds. The van der Waals surface area contributed by atoms with Gasteiger partial charge >= 0.3 is 11.9 Å². The van der Waals surface area contributed by atoms with Gasteiger partial charge in [-0.2, -0.15) is 0 Å². The summed E-state index contributed by atoms with van der Waals surface area (Å²) in [5, 5.41) is 18.9. The number of carboxylic acids is 1. The number of anilines is 1. The molecule has 4 fully saturated rings. The third-order valence-corrected chi connectivity index (χ3v) is 12.3. The fraction of sp³-hybridized carbons (Fsp3) is 0.591. The number of allylic oxidation sites excluding steroid dienone is 1. The van der Waals surface area contributed by atoms with E-state index >= 15 is 0 Å². The van der Waals surface area contributed by atoms with Crippen LogP contribution in [-0.2, 0) is 28.7 Å². The second-order valence-corrected chi connectivity index (χ2v) is 18.0. The van der Waals surface area contributed by atoms with Crippen molar-refractivity contribution in [1.82, 2.24) is 19.7 Å². The first kappa shape index (κ1) is 41.2. The van der Waals surface area contributed by atoms with Crippen LogP contribution < -0.4 is 14.8 Å². The van der Waals surface area contributed by atoms with Crippen LogP contribution in [0.15, 0.2) is 49.2 Å². The topological polar surface area (TPSA) is 171 Å². The standard InChI is InChI=1S/C44H57N5O9/c1-8-28-22-44(28,42(53)54)23-36(50)35-19-31(24-48(35)41(52)33(43(4,5)6)20-40(51)58-30-16-26-15-27(26)17-30)57-37-21-39(49-12-11-38(47-49)45-25(2)3)46-34-18-29(9-10-32(34)37)56-14-13-55-7/h8-12,18,21,25-28,30-31,33,35H,1,13-17,19-20,22-24H2,2-7H3,(H,45,47)(H,53,54)/t26-,27+,28-,30?,31-,33?,35+,44-/m1/s1. The molecule has 58 heavy (non-hydrogen) atoms. The predicted octanol–water partition coefficient (Wildman–Crippen LogP) is 6.24. The second kappa shape index (κ2) is 16.3. The van der Waals surface area contributed by atoms with E-state index in [1.54, 1.807) is 30.1 Å². The number of nitrogens with one attached hydrogen (secondary N) is 1. The number of benzene rings is 1. The van der Waals surface area contributed by atoms with Gasteiger partial charge in [0.2, 0.25) is 5.91 Å². The molecule has 0 radical (unpaired) electrons. The SMILES string of the molecule is C=C[C@@H]1C[C@]1(CC(=O)[C@@H]1C[C@@H](Oc2cc(-n3ccc(NC(C)C)n3)nc3cc(OCCOC)ccc23)CN1C(=O)C(CC(=O)OC1C[C@@H]2C[C@@H]2C1)C(C)(C)C)C(=O)O. The summed E-state index contributed by atoms with van der Waals surface area (Å²) in [5.74, 6) is 0.156. The van der Waals surface area contributed by atoms with E-state index in [0.29, 0.717) is 65.5 Å². The van der Waals surface area contributed by atoms with Crippen molar-refractivity contribution in [3.05, 3.63) is 49.2 Å². The molecule has 1 aromatic carbocycles. The zero-order chi connectivity index (χ0) is 41.5. The monoisotopic (exact) mass is 799 g/mol. The molecule has 312 valence electrons. The van der Waals surface area contributed by atoms with Gasteiger partial charge in [0, 0.05) is 55.8 Å². The van der Waals surface area contributed by atoms with Gasteiger partial charge in [-0.05, 0) is 74.8 Å². The number of rotatable bonds is 18. The summed E-state index contributed by atoms with van der Waals surface area (Å²) >= 11 is 0. The quantitative estimate of drug-likeness (QED) is 0.0844. The molecule has 14 nitrogen and oxygen atoms in total. The van der Waals surface area contributed by atoms with Crippen molar-refractivity contribution in [2.45, 2.75) is 104 Å². The van der Waals surface area contributed by atoms with E-state index in [1.165, 1.54) is 11.3 Å². The van der Waals surface area contributed by atoms with Crippen LogP contribution in [0.1, 0.15) is 79.6 Å². The van der Waals surface area contributed by atoms with Crippen molar-refractivity contribution < 1.29 is 43.2 Å². The Morgan fingerprint density at radius 2 is 1.81 bits per heavy atom. The number of amides is 1. The lowest BCUT2D eigenvalue weighted by molar-refractivity contribution is -0.157. The molecule has 2 aromatic heterocycles. The third-order valence-electron chi connectivity index (χ3n) is 12.3. The third kappa shape index (κ3) is 8.86. The molecule has 14 heteroatoms. The molecular formula is C44H57N5O9. The van der Waals surface area contributed by atoms with Crippen LogP contribution in [0.5, 0.6) is 11.5 Å². The van der Waals surface area contributed by atoms with Crippen LogP contribution in [0.2, 0.25) is 0 Å². The van der Waals surface area contributed by atoms with Crippen molar-refractivity contribution >= 4 is 40.3 Å². The van der Waals surface area contributed by atoms with Gasteiger partial charge in [0.05, 0.1) is 42.5 Å². The second-order valence-electron chi connectivity index (χ2n) is 18.0. The Kier molecular flexibility index (Phi) is 11.6. The molecule has 3 heterocycles. The van der Waals surface area contributed by atoms with Crippen molar-refractivity contribution in [2.75, 3.05) is 32.2 Å². The number of hydrogen-bond donors (Lipinski definition) is 2. The Labute approximate surface area is 339 Å². The number of Topliss-reactive ketones (excluding diaryl/α,β-unsaturated/α-hetero) is 1. The lowest BCUT2D eigenvalue weighted by Crippen LogP contribution is -2.48. The first-order valence-corrected chi connectivity index (χ1v) is 20.5. The molecule has 8 atom stereocenters. The summed E-state index contributed by atoms with van der Waals surface area (Å²) in [7, 11) is 1.60. The molecule has 4 aliphatic rings. The number of esters is 1. The van der Waals surface area contributed by atoms with Crippen molar-refractivity contribution in [3.8, 4) is 17.3 Å². The summed E-state index contributed by atoms with van der Waals surface area (Å²) < 4.78 is 25.4. The number of carbonyl (C=O) groups is 4. The molecule has 0 bridgehead atoms. The van der Waals surface area contributed by atoms with Gasteiger partial charge in [0.1, 0.15) is 36.1 Å². The van der Waals surface area contributed by atoms with Gasteiger partial charge in [-0.15, -0.1) is 11.7 Å². The molecule has 0 spiro atoms. The number of ether oxygens (including phenoxy) is 4. The molecule has 1 aliphatic heterocycles. The summed E-state index contributed by atoms with van der Waals surface area (Å²) in [6, 6.07) is 8.32. The zero-order valence-electron chi connectivity index (χ0n) is 34.4. The van der Waals surface area contributed by atoms with Crippen LogP contribution in [-0.4, -0.2) is 99.6 Å². The normalized spacial score (nSPS) is 26.6. The average molecular weight is 800 g/mol. The number of nitrogens with zero attached hydrogens (tertiary/aromatic N) is 4. The number of aliphatic carboxylic acids is 1. The van der Waals surface area contributed by atoms with Crippen LogP contribution in [0.3, 0.4) is 0 Å². The fourth-order valence-corrected chi connectivity index (χ4v) is 8.86. The van der Waals surface area contributed by atoms with E-state index in [4.69, 9.17) is 23.9 Å². The maximum atomic E-state index is 14.8. The number of carboxylic acid groups (broad SMARTS) is 1. The van der Waals surface area contributed by atoms with E-state index in [9.17, 15) is 24.3 Å². The zero-order valence-corrected chi connectivity index (χ0v) is 34.4. The first-order chi connectivity index (χ1) is 27.6. The molecule has 2 N–H and O–H groups in total. The van der Waals surface area contributed by atoms with Gasteiger partial charge in [-0.1, -0.05) is 26.8 Å². The number of hydrogen-bond acceptors (Lipinski definition) is 11. The Bertz CT molecular complexity index is 2050. The van der Waals surface area contributed by atoms with Crippen molar-refractivity contribution in [1.29, 1.82) is 0 Å². The first-order valence-electron chi connectivity index (χ1n) is 20.5. The van der Waals surface area contributed by atoms with Crippen LogP contribution in [0.4, 0.5) is 5.82 Å². The van der Waals surface area contributed by atoms with Crippen molar-refractivity contribution in [2.24, 2.45) is 34.5 Å². The van der Waals surface area contributed by atoms with Crippen LogP contribution >= 0.6 is 0 Å². The molecule has 2 unspecified atom stereocenters. The molecule has 7 rings (SSSR count). The number of carbonyl (C=O) groups excluding carboxylic acids is 3. The lowest BCUT2D eigenvalue weighted by Gasteiger charge is -2.35. The van der Waals surface area contributed by atoms with Gasteiger partial charge < -0.3 is 34.3 Å². The Balaban J connectivity index is 1.19. The minimum Gasteiger partial charge on any atom is -0.491 e. The molecule has 1 saturated heterocycles. The van der Waals surface area contributed by atoms with Crippen molar-refractivity contribution in [3.63, 3.8) is 0 Å². The highest BCUT2D eigenvalue weighted by Gasteiger charge is 2.61. The molecular weight excluding hydrogens is 743 g/mol. The predicted molar refractivity (Wildman–Crippen MR) is 216 cm³/mol. The smallest absolute Gasteiger partial charge is 0.310 e. The highest BCUT2D eigenvalue weighted by atomic mass is 16.5. The van der Waals surface area contributed by atoms with Crippen LogP contribution in [0, 0.1) is 34.5 Å². The summed E-state index contributed by atoms with van der Waals surface area (Å²) in [6.45, 7) is 14.4. The molecule has 3 aromatic rings. The number of pyridine rings is 1. The van der Waals surface area contributed by atoms with E-state index < -0.39 is 40.8 Å². The highest BCUT2D eigenvalue weighted by molar-refractivity contribution is 5.95. The summed E-state index contributed by atoms with van der Waals surface area (Å²) in [4.78, 5) is 61.4. The lowest BCUT2D eigenvalue weighted by atomic mass is 9.77. The largest absolute Gasteiger partial charge is 0.491 e. The maximum absolute atomic E-state index is 14.8. The fourth-order valence-electron chi connectivity index (χ4n) is 8.86. The van der Waals surface area contributed by atoms with E-state index in [1.807, 2.05) is 58.9 Å². The van der Waals surface area contributed by atoms with Crippen LogP contribution in [0.25, 0.3) is 16.7 Å². The van der Waals surface area contributed by atoms with Gasteiger partial charge in [0.25, 0.3) is 0 Å². The minimum absolute atomic E-state index is 0.0510. The van der Waals surface area contributed by atoms with E-state index in [2.05, 4.69) is 17.0 Å². The van der Waals surface area contributed by atoms with E-state index in [-0.39, 0.29) is 55.6 Å². The average Bonchev–Trinajstić information content (AvgIpc) is 3.83. The van der Waals surface area contributed by atoms with E-state index in [0.717, 1.165) is 12.8 Å². The highest BCUT2D eigenvalue weighted by Crippen LogP contribution is 2.57. The molecule has 3 aliphatic carbocycles. The number of fused-ring (bicyclic) bond motifs is 2. The maximum Gasteiger partial charge on any atom is 0.310 e. The Morgan fingerprint density at radius 1 is 1.05 bits per heavy atom. The Hall–Kier alpha value is -4.98. The minimum atomic E-state index is -1.26. The molecule has 3 saturated carbocycles. The number of likely N-dealkylation sites (tertiary alicyclic amines) is 1. The van der Waals surface area contributed by atoms with Gasteiger partial charge in [-0.25, -0.2) is 9.67 Å². The summed E-state index contributed by atoms with van der Waals surface area (Å²) in [6.07, 6.45) is 5.61. The van der Waals surface area contributed by atoms with Gasteiger partial charge in [0.15, 0.2) is 11.6 Å². The Morgan fingerprint density at radius 3 is 2.47 bits per heavy atom. The number of ketones is 1. The summed E-state index contributed by atoms with van der Waals surface area (Å²) in [5.41, 5.74) is -1.33.